The first-order valence-corrected chi connectivity index (χ1v) is 7.84. The van der Waals surface area contributed by atoms with E-state index >= 15 is 0 Å². The Bertz CT molecular complexity index is 586. The van der Waals surface area contributed by atoms with Crippen LogP contribution < -0.4 is 11.3 Å². The summed E-state index contributed by atoms with van der Waals surface area (Å²) in [6, 6.07) is 6.58. The predicted molar refractivity (Wildman–Crippen MR) is 73.4 cm³/mol. The van der Waals surface area contributed by atoms with E-state index in [0.29, 0.717) is 11.3 Å². The monoisotopic (exact) mass is 283 g/mol. The van der Waals surface area contributed by atoms with Crippen molar-refractivity contribution in [3.05, 3.63) is 29.8 Å². The van der Waals surface area contributed by atoms with Crippen LogP contribution in [0, 0.1) is 0 Å². The Morgan fingerprint density at radius 1 is 1.42 bits per heavy atom. The van der Waals surface area contributed by atoms with Gasteiger partial charge in [0.05, 0.1) is 22.8 Å². The van der Waals surface area contributed by atoms with Crippen LogP contribution in [0.5, 0.6) is 0 Å². The first-order valence-electron chi connectivity index (χ1n) is 6.01. The second kappa shape index (κ2) is 5.18. The Morgan fingerprint density at radius 3 is 2.74 bits per heavy atom. The molecule has 0 saturated carbocycles. The predicted octanol–water partition coefficient (Wildman–Crippen LogP) is 0.231. The van der Waals surface area contributed by atoms with Gasteiger partial charge in [-0.2, -0.15) is 0 Å². The van der Waals surface area contributed by atoms with Crippen LogP contribution in [0.2, 0.25) is 0 Å². The van der Waals surface area contributed by atoms with Crippen molar-refractivity contribution in [1.82, 2.24) is 4.90 Å². The number of anilines is 1. The van der Waals surface area contributed by atoms with E-state index in [9.17, 15) is 13.2 Å². The molecule has 1 unspecified atom stereocenters. The van der Waals surface area contributed by atoms with E-state index in [-0.39, 0.29) is 30.0 Å². The number of hydrogen-bond acceptors (Lipinski definition) is 5. The summed E-state index contributed by atoms with van der Waals surface area (Å²) in [7, 11) is -3.03. The van der Waals surface area contributed by atoms with Crippen molar-refractivity contribution in [2.24, 2.45) is 5.84 Å². The second-order valence-electron chi connectivity index (χ2n) is 4.65. The van der Waals surface area contributed by atoms with Gasteiger partial charge >= 0.3 is 0 Å². The maximum atomic E-state index is 12.4. The molecule has 0 spiro atoms. The van der Waals surface area contributed by atoms with Crippen molar-refractivity contribution in [3.8, 4) is 0 Å². The molecule has 0 aromatic heterocycles. The SMILES string of the molecule is CC1CS(=O)(=O)CCN1C(=O)c1ccccc1NN. The van der Waals surface area contributed by atoms with Crippen LogP contribution >= 0.6 is 0 Å². The highest BCUT2D eigenvalue weighted by molar-refractivity contribution is 7.91. The van der Waals surface area contributed by atoms with Gasteiger partial charge in [0, 0.05) is 12.6 Å². The maximum Gasteiger partial charge on any atom is 0.256 e. The van der Waals surface area contributed by atoms with Gasteiger partial charge in [0.15, 0.2) is 9.84 Å². The number of nitrogens with two attached hydrogens (primary N) is 1. The lowest BCUT2D eigenvalue weighted by Crippen LogP contribution is -2.49. The van der Waals surface area contributed by atoms with Gasteiger partial charge in [0.25, 0.3) is 5.91 Å². The fraction of sp³-hybridized carbons (Fsp3) is 0.417. The number of carbonyl (C=O) groups is 1. The molecule has 1 aromatic carbocycles. The zero-order valence-electron chi connectivity index (χ0n) is 10.7. The smallest absolute Gasteiger partial charge is 0.256 e. The number of benzene rings is 1. The van der Waals surface area contributed by atoms with E-state index in [4.69, 9.17) is 5.84 Å². The standard InChI is InChI=1S/C12H17N3O3S/c1-9-8-19(17,18)7-6-15(9)12(16)10-4-2-3-5-11(10)14-13/h2-5,9,14H,6-8,13H2,1H3. The van der Waals surface area contributed by atoms with Crippen molar-refractivity contribution in [2.75, 3.05) is 23.5 Å². The number of rotatable bonds is 2. The van der Waals surface area contributed by atoms with Crippen LogP contribution in [0.1, 0.15) is 17.3 Å². The number of para-hydroxylation sites is 1. The molecule has 1 atom stereocenters. The van der Waals surface area contributed by atoms with E-state index in [1.54, 1.807) is 36.1 Å². The zero-order valence-corrected chi connectivity index (χ0v) is 11.5. The largest absolute Gasteiger partial charge is 0.334 e. The first kappa shape index (κ1) is 13.8. The van der Waals surface area contributed by atoms with E-state index in [1.807, 2.05) is 0 Å². The van der Waals surface area contributed by atoms with Crippen molar-refractivity contribution in [1.29, 1.82) is 0 Å². The van der Waals surface area contributed by atoms with E-state index in [2.05, 4.69) is 5.43 Å². The van der Waals surface area contributed by atoms with Crippen LogP contribution in [-0.4, -0.2) is 43.3 Å². The number of nitrogens with one attached hydrogen (secondary N) is 1. The Balaban J connectivity index is 2.25. The van der Waals surface area contributed by atoms with Gasteiger partial charge in [0.2, 0.25) is 0 Å². The van der Waals surface area contributed by atoms with Gasteiger partial charge in [-0.3, -0.25) is 10.6 Å². The minimum atomic E-state index is -3.03. The molecule has 1 aliphatic heterocycles. The summed E-state index contributed by atoms with van der Waals surface area (Å²) in [4.78, 5) is 14.0. The number of sulfone groups is 1. The van der Waals surface area contributed by atoms with Crippen molar-refractivity contribution < 1.29 is 13.2 Å². The molecule has 3 N–H and O–H groups in total. The third-order valence-corrected chi connectivity index (χ3v) is 5.04. The number of hydrogen-bond donors (Lipinski definition) is 2. The molecule has 1 saturated heterocycles. The third-order valence-electron chi connectivity index (χ3n) is 3.24. The number of hydrazine groups is 1. The minimum Gasteiger partial charge on any atom is -0.334 e. The van der Waals surface area contributed by atoms with Gasteiger partial charge < -0.3 is 10.3 Å². The highest BCUT2D eigenvalue weighted by Crippen LogP contribution is 2.20. The molecular formula is C12H17N3O3S. The van der Waals surface area contributed by atoms with Crippen LogP contribution in [-0.2, 0) is 9.84 Å². The zero-order chi connectivity index (χ0) is 14.0. The van der Waals surface area contributed by atoms with Gasteiger partial charge in [-0.25, -0.2) is 8.42 Å². The quantitative estimate of drug-likeness (QED) is 0.599. The molecule has 1 fully saturated rings. The summed E-state index contributed by atoms with van der Waals surface area (Å²) >= 11 is 0. The Morgan fingerprint density at radius 2 is 2.11 bits per heavy atom. The second-order valence-corrected chi connectivity index (χ2v) is 6.88. The lowest BCUT2D eigenvalue weighted by atomic mass is 10.1. The van der Waals surface area contributed by atoms with Gasteiger partial charge in [-0.1, -0.05) is 12.1 Å². The molecule has 1 heterocycles. The minimum absolute atomic E-state index is 0.0109. The summed E-state index contributed by atoms with van der Waals surface area (Å²) in [5.41, 5.74) is 3.47. The molecule has 19 heavy (non-hydrogen) atoms. The van der Waals surface area contributed by atoms with Crippen LogP contribution in [0.15, 0.2) is 24.3 Å². The van der Waals surface area contributed by atoms with Crippen molar-refractivity contribution in [2.45, 2.75) is 13.0 Å². The average Bonchev–Trinajstić information content (AvgIpc) is 2.37. The van der Waals surface area contributed by atoms with Gasteiger partial charge in [0.1, 0.15) is 0 Å². The highest BCUT2D eigenvalue weighted by Gasteiger charge is 2.32. The summed E-state index contributed by atoms with van der Waals surface area (Å²) in [5, 5.41) is 0. The van der Waals surface area contributed by atoms with Gasteiger partial charge in [-0.15, -0.1) is 0 Å². The number of amides is 1. The summed E-state index contributed by atoms with van der Waals surface area (Å²) in [6.07, 6.45) is 0. The fourth-order valence-corrected chi connectivity index (χ4v) is 3.81. The molecule has 0 aliphatic carbocycles. The highest BCUT2D eigenvalue weighted by atomic mass is 32.2. The summed E-state index contributed by atoms with van der Waals surface area (Å²) in [5.74, 6) is 5.21. The summed E-state index contributed by atoms with van der Waals surface area (Å²) in [6.45, 7) is 1.97. The molecule has 1 aliphatic rings. The molecule has 6 nitrogen and oxygen atoms in total. The van der Waals surface area contributed by atoms with Crippen molar-refractivity contribution in [3.63, 3.8) is 0 Å². The van der Waals surface area contributed by atoms with Crippen LogP contribution in [0.25, 0.3) is 0 Å². The van der Waals surface area contributed by atoms with Crippen molar-refractivity contribution >= 4 is 21.4 Å². The Kier molecular flexibility index (Phi) is 3.77. The number of nitrogen functional groups attached to an aromatic ring is 1. The molecule has 0 radical (unpaired) electrons. The van der Waals surface area contributed by atoms with E-state index in [0.717, 1.165) is 0 Å². The molecule has 1 aromatic rings. The normalized spacial score (nSPS) is 22.0. The van der Waals surface area contributed by atoms with Crippen LogP contribution in [0.4, 0.5) is 5.69 Å². The summed E-state index contributed by atoms with van der Waals surface area (Å²) < 4.78 is 23.0. The topological polar surface area (TPSA) is 92.5 Å². The fourth-order valence-electron chi connectivity index (χ4n) is 2.25. The molecule has 2 rings (SSSR count). The lowest BCUT2D eigenvalue weighted by molar-refractivity contribution is 0.0713. The van der Waals surface area contributed by atoms with E-state index in [1.165, 1.54) is 0 Å². The first-order chi connectivity index (χ1) is 8.94. The molecule has 7 heteroatoms. The van der Waals surface area contributed by atoms with Gasteiger partial charge in [-0.05, 0) is 19.1 Å². The molecule has 104 valence electrons. The number of carbonyl (C=O) groups excluding carboxylic acids is 1. The van der Waals surface area contributed by atoms with Crippen LogP contribution in [0.3, 0.4) is 0 Å². The van der Waals surface area contributed by atoms with E-state index < -0.39 is 9.84 Å². The Labute approximate surface area is 112 Å². The lowest BCUT2D eigenvalue weighted by Gasteiger charge is -2.33. The molecule has 0 bridgehead atoms. The Hall–Kier alpha value is -1.60. The molecular weight excluding hydrogens is 266 g/mol. The molecule has 1 amide bonds. The number of nitrogens with zero attached hydrogens (tertiary/aromatic N) is 1. The third kappa shape index (κ3) is 2.87. The average molecular weight is 283 g/mol. The maximum absolute atomic E-state index is 12.4.